The van der Waals surface area contributed by atoms with Crippen molar-refractivity contribution < 1.29 is 22.8 Å². The van der Waals surface area contributed by atoms with Crippen LogP contribution in [0.4, 0.5) is 5.69 Å². The maximum absolute atomic E-state index is 12.3. The number of benzene rings is 2. The van der Waals surface area contributed by atoms with E-state index in [9.17, 15) is 22.8 Å². The number of carbonyl (C=O) groups is 3. The molecule has 0 saturated heterocycles. The topological polar surface area (TPSA) is 147 Å². The standard InChI is InChI=1S/C21H24N4O5S/c1-2-24-31(29,30)16-10-7-15(8-11-16)9-12-20(27)25-18-6-4-3-5-17(18)21(28)23-14-13-19(22)26/h3-12,24H,2,13-14H2,1H3,(H2,22,26)(H,23,28)(H,25,27)/b12-9+. The number of hydrogen-bond acceptors (Lipinski definition) is 5. The highest BCUT2D eigenvalue weighted by Crippen LogP contribution is 2.16. The van der Waals surface area contributed by atoms with E-state index in [1.54, 1.807) is 43.3 Å². The largest absolute Gasteiger partial charge is 0.370 e. The van der Waals surface area contributed by atoms with Gasteiger partial charge in [-0.2, -0.15) is 0 Å². The molecule has 2 aromatic rings. The van der Waals surface area contributed by atoms with Gasteiger partial charge >= 0.3 is 0 Å². The van der Waals surface area contributed by atoms with Crippen molar-refractivity contribution in [3.8, 4) is 0 Å². The molecule has 31 heavy (non-hydrogen) atoms. The van der Waals surface area contributed by atoms with E-state index in [4.69, 9.17) is 5.73 Å². The van der Waals surface area contributed by atoms with Gasteiger partial charge in [-0.3, -0.25) is 14.4 Å². The van der Waals surface area contributed by atoms with Gasteiger partial charge in [0.15, 0.2) is 0 Å². The summed E-state index contributed by atoms with van der Waals surface area (Å²) >= 11 is 0. The first kappa shape index (κ1) is 23.8. The molecular formula is C21H24N4O5S. The molecule has 164 valence electrons. The Kier molecular flexibility index (Phi) is 8.47. The molecule has 0 unspecified atom stereocenters. The van der Waals surface area contributed by atoms with Crippen LogP contribution in [0.15, 0.2) is 59.5 Å². The number of anilines is 1. The van der Waals surface area contributed by atoms with E-state index in [0.717, 1.165) is 0 Å². The summed E-state index contributed by atoms with van der Waals surface area (Å²) in [6.45, 7) is 2.07. The van der Waals surface area contributed by atoms with Crippen molar-refractivity contribution in [2.75, 3.05) is 18.4 Å². The fourth-order valence-corrected chi connectivity index (χ4v) is 3.60. The summed E-state index contributed by atoms with van der Waals surface area (Å²) in [6.07, 6.45) is 2.81. The molecule has 0 aliphatic carbocycles. The molecular weight excluding hydrogens is 420 g/mol. The van der Waals surface area contributed by atoms with Gasteiger partial charge in [-0.05, 0) is 35.9 Å². The van der Waals surface area contributed by atoms with Crippen LogP contribution >= 0.6 is 0 Å². The lowest BCUT2D eigenvalue weighted by Crippen LogP contribution is -2.28. The molecule has 0 aromatic heterocycles. The summed E-state index contributed by atoms with van der Waals surface area (Å²) in [7, 11) is -3.54. The highest BCUT2D eigenvalue weighted by Gasteiger charge is 2.13. The lowest BCUT2D eigenvalue weighted by atomic mass is 10.1. The van der Waals surface area contributed by atoms with E-state index < -0.39 is 27.7 Å². The molecule has 0 saturated carbocycles. The predicted molar refractivity (Wildman–Crippen MR) is 118 cm³/mol. The van der Waals surface area contributed by atoms with Gasteiger partial charge in [-0.25, -0.2) is 13.1 Å². The molecule has 9 nitrogen and oxygen atoms in total. The zero-order chi connectivity index (χ0) is 22.9. The van der Waals surface area contributed by atoms with Crippen molar-refractivity contribution in [1.29, 1.82) is 0 Å². The average molecular weight is 445 g/mol. The molecule has 2 rings (SSSR count). The highest BCUT2D eigenvalue weighted by atomic mass is 32.2. The quantitative estimate of drug-likeness (QED) is 0.407. The summed E-state index contributed by atoms with van der Waals surface area (Å²) in [4.78, 5) is 35.5. The molecule has 0 radical (unpaired) electrons. The van der Waals surface area contributed by atoms with Crippen LogP contribution in [0.25, 0.3) is 6.08 Å². The lowest BCUT2D eigenvalue weighted by molar-refractivity contribution is -0.118. The van der Waals surface area contributed by atoms with Crippen molar-refractivity contribution in [3.63, 3.8) is 0 Å². The summed E-state index contributed by atoms with van der Waals surface area (Å²) in [6, 6.07) is 12.5. The summed E-state index contributed by atoms with van der Waals surface area (Å²) < 4.78 is 26.3. The Bertz CT molecular complexity index is 1080. The molecule has 0 heterocycles. The minimum atomic E-state index is -3.54. The van der Waals surface area contributed by atoms with E-state index in [1.165, 1.54) is 24.3 Å². The first-order chi connectivity index (χ1) is 14.7. The van der Waals surface area contributed by atoms with Crippen LogP contribution in [0.5, 0.6) is 0 Å². The normalized spacial score (nSPS) is 11.3. The van der Waals surface area contributed by atoms with Gasteiger partial charge in [0, 0.05) is 25.6 Å². The Hall–Kier alpha value is -3.50. The van der Waals surface area contributed by atoms with E-state index in [-0.39, 0.29) is 30.0 Å². The second kappa shape index (κ2) is 11.0. The molecule has 0 atom stereocenters. The molecule has 3 amide bonds. The van der Waals surface area contributed by atoms with Crippen LogP contribution < -0.4 is 21.1 Å². The molecule has 0 bridgehead atoms. The third-order valence-corrected chi connectivity index (χ3v) is 5.60. The van der Waals surface area contributed by atoms with Gasteiger partial charge in [-0.1, -0.05) is 31.2 Å². The molecule has 0 aliphatic heterocycles. The van der Waals surface area contributed by atoms with Crippen LogP contribution in [-0.4, -0.2) is 39.2 Å². The smallest absolute Gasteiger partial charge is 0.253 e. The number of primary amides is 1. The number of sulfonamides is 1. The number of nitrogens with one attached hydrogen (secondary N) is 3. The summed E-state index contributed by atoms with van der Waals surface area (Å²) in [5, 5.41) is 5.19. The van der Waals surface area contributed by atoms with Crippen molar-refractivity contribution in [1.82, 2.24) is 10.0 Å². The van der Waals surface area contributed by atoms with Crippen LogP contribution in [0.1, 0.15) is 29.3 Å². The van der Waals surface area contributed by atoms with Gasteiger partial charge in [-0.15, -0.1) is 0 Å². The van der Waals surface area contributed by atoms with Crippen molar-refractivity contribution in [3.05, 3.63) is 65.7 Å². The van der Waals surface area contributed by atoms with Crippen LogP contribution in [0.3, 0.4) is 0 Å². The predicted octanol–water partition coefficient (Wildman–Crippen LogP) is 1.24. The fraction of sp³-hybridized carbons (Fsp3) is 0.190. The summed E-state index contributed by atoms with van der Waals surface area (Å²) in [5.74, 6) is -1.44. The Labute approximate surface area is 180 Å². The Morgan fingerprint density at radius 1 is 1.03 bits per heavy atom. The van der Waals surface area contributed by atoms with E-state index in [1.807, 2.05) is 0 Å². The number of carbonyl (C=O) groups excluding carboxylic acids is 3. The highest BCUT2D eigenvalue weighted by molar-refractivity contribution is 7.89. The molecule has 5 N–H and O–H groups in total. The average Bonchev–Trinajstić information content (AvgIpc) is 2.72. The van der Waals surface area contributed by atoms with E-state index >= 15 is 0 Å². The molecule has 0 aliphatic rings. The van der Waals surface area contributed by atoms with Crippen LogP contribution in [0.2, 0.25) is 0 Å². The molecule has 0 spiro atoms. The first-order valence-corrected chi connectivity index (χ1v) is 11.0. The van der Waals surface area contributed by atoms with Gasteiger partial charge in [0.25, 0.3) is 5.91 Å². The van der Waals surface area contributed by atoms with Gasteiger partial charge < -0.3 is 16.4 Å². The number of hydrogen-bond donors (Lipinski definition) is 4. The Morgan fingerprint density at radius 3 is 2.35 bits per heavy atom. The van der Waals surface area contributed by atoms with Crippen molar-refractivity contribution >= 4 is 39.5 Å². The number of para-hydroxylation sites is 1. The molecule has 0 fully saturated rings. The van der Waals surface area contributed by atoms with Crippen molar-refractivity contribution in [2.45, 2.75) is 18.2 Å². The zero-order valence-corrected chi connectivity index (χ0v) is 17.7. The monoisotopic (exact) mass is 444 g/mol. The second-order valence-corrected chi connectivity index (χ2v) is 8.18. The minimum Gasteiger partial charge on any atom is -0.370 e. The van der Waals surface area contributed by atoms with E-state index in [2.05, 4.69) is 15.4 Å². The number of rotatable bonds is 10. The van der Waals surface area contributed by atoms with Gasteiger partial charge in [0.1, 0.15) is 0 Å². The SMILES string of the molecule is CCNS(=O)(=O)c1ccc(/C=C/C(=O)Nc2ccccc2C(=O)NCCC(N)=O)cc1. The maximum Gasteiger partial charge on any atom is 0.253 e. The number of nitrogens with two attached hydrogens (primary N) is 1. The fourth-order valence-electron chi connectivity index (χ4n) is 2.56. The third-order valence-electron chi connectivity index (χ3n) is 4.04. The summed E-state index contributed by atoms with van der Waals surface area (Å²) in [5.41, 5.74) is 6.23. The molecule has 10 heteroatoms. The zero-order valence-electron chi connectivity index (χ0n) is 16.9. The van der Waals surface area contributed by atoms with Crippen molar-refractivity contribution in [2.24, 2.45) is 5.73 Å². The lowest BCUT2D eigenvalue weighted by Gasteiger charge is -2.10. The minimum absolute atomic E-state index is 0.0115. The van der Waals surface area contributed by atoms with Gasteiger partial charge in [0.2, 0.25) is 21.8 Å². The third kappa shape index (κ3) is 7.36. The Morgan fingerprint density at radius 2 is 1.71 bits per heavy atom. The van der Waals surface area contributed by atoms with Crippen LogP contribution in [0, 0.1) is 0 Å². The van der Waals surface area contributed by atoms with E-state index in [0.29, 0.717) is 11.3 Å². The molecule has 2 aromatic carbocycles. The second-order valence-electron chi connectivity index (χ2n) is 6.41. The maximum atomic E-state index is 12.3. The first-order valence-electron chi connectivity index (χ1n) is 9.47. The van der Waals surface area contributed by atoms with Crippen LogP contribution in [-0.2, 0) is 19.6 Å². The number of amides is 3. The Balaban J connectivity index is 2.04. The van der Waals surface area contributed by atoms with Gasteiger partial charge in [0.05, 0.1) is 16.1 Å².